The molecule has 1 aromatic heterocycles. The van der Waals surface area contributed by atoms with Crippen LogP contribution in [0.5, 0.6) is 17.2 Å². The van der Waals surface area contributed by atoms with Crippen molar-refractivity contribution in [2.24, 2.45) is 5.92 Å². The molecule has 0 bridgehead atoms. The molecule has 1 fully saturated rings. The van der Waals surface area contributed by atoms with Gasteiger partial charge >= 0.3 is 0 Å². The van der Waals surface area contributed by atoms with Crippen molar-refractivity contribution < 1.29 is 14.6 Å². The number of nitrogens with one attached hydrogen (secondary N) is 1. The van der Waals surface area contributed by atoms with Crippen LogP contribution in [0.25, 0.3) is 27.9 Å². The highest BCUT2D eigenvalue weighted by atomic mass is 16.5. The zero-order valence-electron chi connectivity index (χ0n) is 23.5. The Labute approximate surface area is 236 Å². The van der Waals surface area contributed by atoms with Gasteiger partial charge in [0.25, 0.3) is 0 Å². The van der Waals surface area contributed by atoms with Gasteiger partial charge in [0.15, 0.2) is 0 Å². The second-order valence-electron chi connectivity index (χ2n) is 11.8. The maximum absolute atomic E-state index is 9.67. The van der Waals surface area contributed by atoms with Crippen LogP contribution in [-0.2, 0) is 13.0 Å². The van der Waals surface area contributed by atoms with E-state index in [0.29, 0.717) is 30.2 Å². The largest absolute Gasteiger partial charge is 0.508 e. The molecule has 0 radical (unpaired) electrons. The second-order valence-corrected chi connectivity index (χ2v) is 11.8. The molecule has 7 rings (SSSR count). The summed E-state index contributed by atoms with van der Waals surface area (Å²) in [5, 5.41) is 14.9. The lowest BCUT2D eigenvalue weighted by molar-refractivity contribution is 0.306. The molecule has 3 aromatic carbocycles. The average molecular weight is 535 g/mol. The number of benzene rings is 3. The molecule has 4 aromatic rings. The van der Waals surface area contributed by atoms with E-state index in [9.17, 15) is 5.11 Å². The third-order valence-corrected chi connectivity index (χ3v) is 9.24. The lowest BCUT2D eigenvalue weighted by Crippen LogP contribution is -2.29. The number of hydrogen-bond donors (Lipinski definition) is 2. The van der Waals surface area contributed by atoms with Gasteiger partial charge in [-0.25, -0.2) is 0 Å². The Bertz CT molecular complexity index is 1580. The van der Waals surface area contributed by atoms with Crippen LogP contribution in [-0.4, -0.2) is 29.4 Å². The lowest BCUT2D eigenvalue weighted by Gasteiger charge is -2.23. The number of aromatic nitrogens is 1. The number of methoxy groups -OCH3 is 1. The van der Waals surface area contributed by atoms with E-state index >= 15 is 0 Å². The highest BCUT2D eigenvalue weighted by Gasteiger charge is 2.30. The average Bonchev–Trinajstić information content (AvgIpc) is 3.44. The van der Waals surface area contributed by atoms with Gasteiger partial charge in [-0.15, -0.1) is 0 Å². The second kappa shape index (κ2) is 10.3. The number of aromatic hydroxyl groups is 1. The quantitative estimate of drug-likeness (QED) is 0.276. The van der Waals surface area contributed by atoms with Crippen LogP contribution in [0.4, 0.5) is 0 Å². The maximum atomic E-state index is 9.67. The third kappa shape index (κ3) is 4.42. The molecule has 2 N–H and O–H groups in total. The molecule has 0 amide bonds. The minimum Gasteiger partial charge on any atom is -0.508 e. The zero-order valence-corrected chi connectivity index (χ0v) is 23.5. The molecule has 2 aliphatic heterocycles. The van der Waals surface area contributed by atoms with Gasteiger partial charge in [0.1, 0.15) is 23.9 Å². The molecule has 40 heavy (non-hydrogen) atoms. The molecule has 0 spiro atoms. The first kappa shape index (κ1) is 25.1. The Balaban J connectivity index is 1.30. The first-order valence-corrected chi connectivity index (χ1v) is 14.8. The molecule has 1 saturated carbocycles. The molecular formula is C35H38N2O3. The SMILES string of the molecule is COc1ccc2c(c1)OCCn1c-2c(C2CCCCC2)c2ccc(C3=CC(C)C(Cc4ccc(O)cc4)N3)cc21. The highest BCUT2D eigenvalue weighted by Crippen LogP contribution is 2.48. The van der Waals surface area contributed by atoms with E-state index in [1.807, 2.05) is 18.2 Å². The first-order chi connectivity index (χ1) is 19.6. The van der Waals surface area contributed by atoms with Gasteiger partial charge in [0, 0.05) is 34.3 Å². The normalized spacial score (nSPS) is 20.7. The minimum atomic E-state index is 0.314. The van der Waals surface area contributed by atoms with E-state index < -0.39 is 0 Å². The van der Waals surface area contributed by atoms with Crippen LogP contribution in [0, 0.1) is 5.92 Å². The van der Waals surface area contributed by atoms with E-state index in [1.54, 1.807) is 19.2 Å². The smallest absolute Gasteiger partial charge is 0.132 e. The summed E-state index contributed by atoms with van der Waals surface area (Å²) in [5.41, 5.74) is 9.00. The molecule has 2 atom stereocenters. The number of rotatable bonds is 5. The minimum absolute atomic E-state index is 0.314. The number of phenols is 1. The van der Waals surface area contributed by atoms with Gasteiger partial charge in [-0.3, -0.25) is 0 Å². The van der Waals surface area contributed by atoms with Crippen molar-refractivity contribution in [2.75, 3.05) is 13.7 Å². The highest BCUT2D eigenvalue weighted by molar-refractivity contribution is 5.95. The molecule has 5 nitrogen and oxygen atoms in total. The Morgan fingerprint density at radius 2 is 1.82 bits per heavy atom. The number of fused-ring (bicyclic) bond motifs is 5. The van der Waals surface area contributed by atoms with Crippen molar-refractivity contribution in [1.29, 1.82) is 0 Å². The topological polar surface area (TPSA) is 55.7 Å². The van der Waals surface area contributed by atoms with Gasteiger partial charge in [0.2, 0.25) is 0 Å². The van der Waals surface area contributed by atoms with E-state index in [0.717, 1.165) is 24.5 Å². The fraction of sp³-hybridized carbons (Fsp3) is 0.371. The van der Waals surface area contributed by atoms with E-state index in [1.165, 1.54) is 76.7 Å². The predicted molar refractivity (Wildman–Crippen MR) is 161 cm³/mol. The summed E-state index contributed by atoms with van der Waals surface area (Å²) in [6.07, 6.45) is 9.76. The van der Waals surface area contributed by atoms with Crippen LogP contribution >= 0.6 is 0 Å². The molecule has 5 heteroatoms. The number of hydrogen-bond acceptors (Lipinski definition) is 4. The van der Waals surface area contributed by atoms with Crippen molar-refractivity contribution in [1.82, 2.24) is 9.88 Å². The van der Waals surface area contributed by atoms with E-state index in [-0.39, 0.29) is 0 Å². The standard InChI is InChI=1S/C35H38N2O3/c1-22-18-31(36-30(22)19-23-8-11-26(38)12-9-23)25-10-14-28-32(20-25)37-16-17-40-33-21-27(39-2)13-15-29(33)35(37)34(28)24-6-4-3-5-7-24/h8-15,18,20-22,24,30,36,38H,3-7,16-17,19H2,1-2H3. The summed E-state index contributed by atoms with van der Waals surface area (Å²) < 4.78 is 14.4. The zero-order chi connectivity index (χ0) is 27.2. The monoisotopic (exact) mass is 534 g/mol. The van der Waals surface area contributed by atoms with Gasteiger partial charge in [-0.05, 0) is 78.1 Å². The van der Waals surface area contributed by atoms with Crippen molar-refractivity contribution in [3.63, 3.8) is 0 Å². The van der Waals surface area contributed by atoms with Crippen LogP contribution in [0.15, 0.2) is 66.7 Å². The molecule has 1 aliphatic carbocycles. The van der Waals surface area contributed by atoms with Crippen molar-refractivity contribution >= 4 is 16.6 Å². The van der Waals surface area contributed by atoms with Crippen LogP contribution in [0.1, 0.15) is 61.6 Å². The summed E-state index contributed by atoms with van der Waals surface area (Å²) >= 11 is 0. The fourth-order valence-electron chi connectivity index (χ4n) is 7.12. The van der Waals surface area contributed by atoms with Gasteiger partial charge in [-0.2, -0.15) is 0 Å². The maximum Gasteiger partial charge on any atom is 0.132 e. The summed E-state index contributed by atoms with van der Waals surface area (Å²) in [6, 6.07) is 21.3. The van der Waals surface area contributed by atoms with Crippen molar-refractivity contribution in [3.8, 4) is 28.5 Å². The molecular weight excluding hydrogens is 496 g/mol. The number of nitrogens with zero attached hydrogens (tertiary/aromatic N) is 1. The fourth-order valence-corrected chi connectivity index (χ4v) is 7.12. The summed E-state index contributed by atoms with van der Waals surface area (Å²) in [7, 11) is 1.71. The molecule has 3 aliphatic rings. The van der Waals surface area contributed by atoms with Crippen molar-refractivity contribution in [3.05, 3.63) is 83.4 Å². The van der Waals surface area contributed by atoms with Crippen LogP contribution < -0.4 is 14.8 Å². The molecule has 0 saturated heterocycles. The summed E-state index contributed by atoms with van der Waals surface area (Å²) in [6.45, 7) is 3.75. The Morgan fingerprint density at radius 1 is 1.00 bits per heavy atom. The third-order valence-electron chi connectivity index (χ3n) is 9.24. The van der Waals surface area contributed by atoms with Crippen molar-refractivity contribution in [2.45, 2.75) is 64.0 Å². The van der Waals surface area contributed by atoms with Gasteiger partial charge in [-0.1, -0.05) is 56.5 Å². The first-order valence-electron chi connectivity index (χ1n) is 14.8. The predicted octanol–water partition coefficient (Wildman–Crippen LogP) is 7.65. The summed E-state index contributed by atoms with van der Waals surface area (Å²) in [5.74, 6) is 3.06. The van der Waals surface area contributed by atoms with Crippen LogP contribution in [0.3, 0.4) is 0 Å². The van der Waals surface area contributed by atoms with Gasteiger partial charge in [0.05, 0.1) is 19.3 Å². The van der Waals surface area contributed by atoms with Gasteiger partial charge < -0.3 is 24.5 Å². The summed E-state index contributed by atoms with van der Waals surface area (Å²) in [4.78, 5) is 0. The Hall–Kier alpha value is -3.86. The molecule has 206 valence electrons. The number of ether oxygens (including phenoxy) is 2. The van der Waals surface area contributed by atoms with Crippen LogP contribution in [0.2, 0.25) is 0 Å². The van der Waals surface area contributed by atoms with E-state index in [4.69, 9.17) is 9.47 Å². The molecule has 3 heterocycles. The Kier molecular flexibility index (Phi) is 6.45. The molecule has 2 unspecified atom stereocenters. The number of phenolic OH excluding ortho intramolecular Hbond substituents is 1. The van der Waals surface area contributed by atoms with E-state index in [2.05, 4.69) is 53.2 Å². The Morgan fingerprint density at radius 3 is 2.62 bits per heavy atom. The lowest BCUT2D eigenvalue weighted by atomic mass is 9.81.